The molecule has 2 rings (SSSR count). The molecule has 0 radical (unpaired) electrons. The lowest BCUT2D eigenvalue weighted by Gasteiger charge is -2.37. The third kappa shape index (κ3) is 6.62. The van der Waals surface area contributed by atoms with Gasteiger partial charge in [-0.3, -0.25) is 14.5 Å². The lowest BCUT2D eigenvalue weighted by atomic mass is 10.0. The molecule has 2 heterocycles. The van der Waals surface area contributed by atoms with Crippen LogP contribution in [0.3, 0.4) is 0 Å². The Morgan fingerprint density at radius 1 is 1.31 bits per heavy atom. The van der Waals surface area contributed by atoms with Gasteiger partial charge in [0.15, 0.2) is 5.96 Å². The minimum atomic E-state index is -2.60. The van der Waals surface area contributed by atoms with E-state index in [1.807, 2.05) is 0 Å². The molecular formula is C16H29F2IN6O. The summed E-state index contributed by atoms with van der Waals surface area (Å²) in [6, 6.07) is 0.352. The maximum Gasteiger partial charge on any atom is 0.319 e. The van der Waals surface area contributed by atoms with Crippen LogP contribution in [0.4, 0.5) is 8.78 Å². The maximum absolute atomic E-state index is 12.8. The van der Waals surface area contributed by atoms with E-state index in [-0.39, 0.29) is 36.3 Å². The molecule has 1 aliphatic rings. The summed E-state index contributed by atoms with van der Waals surface area (Å²) in [6.45, 7) is 6.04. The third-order valence-electron chi connectivity index (χ3n) is 4.36. The Morgan fingerprint density at radius 3 is 2.58 bits per heavy atom. The second-order valence-corrected chi connectivity index (χ2v) is 6.29. The first kappa shape index (κ1) is 23.0. The van der Waals surface area contributed by atoms with Gasteiger partial charge in [-0.15, -0.1) is 24.0 Å². The fourth-order valence-corrected chi connectivity index (χ4v) is 2.94. The molecule has 0 saturated carbocycles. The molecule has 150 valence electrons. The van der Waals surface area contributed by atoms with Crippen LogP contribution in [0.2, 0.25) is 0 Å². The summed E-state index contributed by atoms with van der Waals surface area (Å²) in [6.07, 6.45) is 2.64. The fourth-order valence-electron chi connectivity index (χ4n) is 2.94. The number of nitrogens with zero attached hydrogens (tertiary/aromatic N) is 4. The Hall–Kier alpha value is -1.01. The van der Waals surface area contributed by atoms with E-state index in [0.717, 1.165) is 37.4 Å². The van der Waals surface area contributed by atoms with Crippen molar-refractivity contribution in [1.82, 2.24) is 25.1 Å². The van der Waals surface area contributed by atoms with E-state index in [1.165, 1.54) is 12.4 Å². The highest BCUT2D eigenvalue weighted by Gasteiger charge is 2.24. The van der Waals surface area contributed by atoms with Crippen LogP contribution in [0.1, 0.15) is 26.2 Å². The zero-order valence-corrected chi connectivity index (χ0v) is 17.8. The van der Waals surface area contributed by atoms with Gasteiger partial charge in [0.25, 0.3) is 0 Å². The van der Waals surface area contributed by atoms with Crippen LogP contribution in [-0.4, -0.2) is 66.3 Å². The number of morpholine rings is 1. The van der Waals surface area contributed by atoms with E-state index in [1.54, 1.807) is 7.05 Å². The molecule has 0 aromatic carbocycles. The lowest BCUT2D eigenvalue weighted by molar-refractivity contribution is 0.00751. The molecule has 2 N–H and O–H groups in total. The number of aliphatic imine (C=N–C) groups is 1. The number of rotatable bonds is 7. The van der Waals surface area contributed by atoms with Crippen molar-refractivity contribution in [3.8, 4) is 0 Å². The van der Waals surface area contributed by atoms with Crippen molar-refractivity contribution in [2.45, 2.75) is 33.0 Å². The van der Waals surface area contributed by atoms with E-state index >= 15 is 0 Å². The Kier molecular flexibility index (Phi) is 10.3. The van der Waals surface area contributed by atoms with Crippen LogP contribution in [0, 0.1) is 5.92 Å². The molecule has 0 amide bonds. The quantitative estimate of drug-likeness (QED) is 0.351. The molecule has 7 nitrogen and oxygen atoms in total. The van der Waals surface area contributed by atoms with Gasteiger partial charge in [0, 0.05) is 45.1 Å². The number of ether oxygens (including phenoxy) is 1. The summed E-state index contributed by atoms with van der Waals surface area (Å²) in [5, 5.41) is 6.33. The van der Waals surface area contributed by atoms with Gasteiger partial charge < -0.3 is 15.4 Å². The zero-order valence-electron chi connectivity index (χ0n) is 15.5. The topological polar surface area (TPSA) is 66.7 Å². The van der Waals surface area contributed by atoms with E-state index in [9.17, 15) is 8.78 Å². The van der Waals surface area contributed by atoms with Crippen molar-refractivity contribution in [1.29, 1.82) is 0 Å². The minimum absolute atomic E-state index is 0. The van der Waals surface area contributed by atoms with Crippen molar-refractivity contribution >= 4 is 29.9 Å². The normalized spacial score (nSPS) is 17.3. The molecule has 0 spiro atoms. The van der Waals surface area contributed by atoms with Crippen LogP contribution in [0.15, 0.2) is 17.4 Å². The number of hydrogen-bond acceptors (Lipinski definition) is 4. The molecule has 1 fully saturated rings. The van der Waals surface area contributed by atoms with Crippen LogP contribution >= 0.6 is 24.0 Å². The van der Waals surface area contributed by atoms with Gasteiger partial charge in [0.05, 0.1) is 19.8 Å². The molecule has 1 aromatic heterocycles. The first-order chi connectivity index (χ1) is 12.0. The third-order valence-corrected chi connectivity index (χ3v) is 4.36. The van der Waals surface area contributed by atoms with Crippen LogP contribution in [0.5, 0.6) is 0 Å². The number of halogens is 3. The average molecular weight is 486 g/mol. The largest absolute Gasteiger partial charge is 0.379 e. The standard InChI is InChI=1S/C16H28F2N6O.HI/c1-12(2)13(23-6-8-25-9-7-23)10-21-16(19-3)22-11-14-20-4-5-24(14)15(17)18;/h4-5,12-13,15H,6-11H2,1-3H3,(H2,19,21,22);1H. The first-order valence-corrected chi connectivity index (χ1v) is 8.59. The summed E-state index contributed by atoms with van der Waals surface area (Å²) in [4.78, 5) is 10.5. The second-order valence-electron chi connectivity index (χ2n) is 6.29. The maximum atomic E-state index is 12.8. The molecule has 1 atom stereocenters. The highest BCUT2D eigenvalue weighted by atomic mass is 127. The fraction of sp³-hybridized carbons (Fsp3) is 0.750. The minimum Gasteiger partial charge on any atom is -0.379 e. The molecule has 1 aromatic rings. The highest BCUT2D eigenvalue weighted by Crippen LogP contribution is 2.13. The van der Waals surface area contributed by atoms with Crippen molar-refractivity contribution < 1.29 is 13.5 Å². The number of hydrogen-bond donors (Lipinski definition) is 2. The molecule has 1 aliphatic heterocycles. The monoisotopic (exact) mass is 486 g/mol. The number of alkyl halides is 2. The van der Waals surface area contributed by atoms with Crippen LogP contribution in [-0.2, 0) is 11.3 Å². The summed E-state index contributed by atoms with van der Waals surface area (Å²) in [5.74, 6) is 1.32. The smallest absolute Gasteiger partial charge is 0.319 e. The molecule has 26 heavy (non-hydrogen) atoms. The van der Waals surface area contributed by atoms with Crippen LogP contribution in [0.25, 0.3) is 0 Å². The van der Waals surface area contributed by atoms with Crippen molar-refractivity contribution in [2.24, 2.45) is 10.9 Å². The lowest BCUT2D eigenvalue weighted by Crippen LogP contribution is -2.52. The van der Waals surface area contributed by atoms with Gasteiger partial charge in [0.1, 0.15) is 5.82 Å². The van der Waals surface area contributed by atoms with Crippen LogP contribution < -0.4 is 10.6 Å². The average Bonchev–Trinajstić information content (AvgIpc) is 3.07. The number of guanidine groups is 1. The Balaban J connectivity index is 0.00000338. The highest BCUT2D eigenvalue weighted by molar-refractivity contribution is 14.0. The second kappa shape index (κ2) is 11.7. The first-order valence-electron chi connectivity index (χ1n) is 8.59. The molecule has 0 bridgehead atoms. The van der Waals surface area contributed by atoms with E-state index in [2.05, 4.69) is 39.4 Å². The Labute approximate surface area is 170 Å². The van der Waals surface area contributed by atoms with Gasteiger partial charge in [-0.25, -0.2) is 4.98 Å². The molecule has 1 unspecified atom stereocenters. The summed E-state index contributed by atoms with van der Waals surface area (Å²) in [5.41, 5.74) is 0. The predicted octanol–water partition coefficient (Wildman–Crippen LogP) is 1.92. The van der Waals surface area contributed by atoms with Gasteiger partial charge in [-0.2, -0.15) is 8.78 Å². The van der Waals surface area contributed by atoms with E-state index in [0.29, 0.717) is 17.9 Å². The molecule has 0 aliphatic carbocycles. The summed E-state index contributed by atoms with van der Waals surface area (Å²) in [7, 11) is 1.66. The number of nitrogens with one attached hydrogen (secondary N) is 2. The zero-order chi connectivity index (χ0) is 18.2. The SMILES string of the molecule is CN=C(NCc1nccn1C(F)F)NCC(C(C)C)N1CCOCC1.I. The summed E-state index contributed by atoms with van der Waals surface area (Å²) < 4.78 is 32.0. The Morgan fingerprint density at radius 2 is 2.00 bits per heavy atom. The molecular weight excluding hydrogens is 457 g/mol. The Bertz CT molecular complexity index is 549. The van der Waals surface area contributed by atoms with Gasteiger partial charge in [-0.1, -0.05) is 13.8 Å². The van der Waals surface area contributed by atoms with E-state index in [4.69, 9.17) is 4.74 Å². The van der Waals surface area contributed by atoms with Gasteiger partial charge in [-0.05, 0) is 5.92 Å². The predicted molar refractivity (Wildman–Crippen MR) is 108 cm³/mol. The number of aromatic nitrogens is 2. The van der Waals surface area contributed by atoms with Crippen molar-refractivity contribution in [3.63, 3.8) is 0 Å². The molecule has 10 heteroatoms. The van der Waals surface area contributed by atoms with Crippen molar-refractivity contribution in [2.75, 3.05) is 39.9 Å². The molecule has 1 saturated heterocycles. The van der Waals surface area contributed by atoms with Gasteiger partial charge in [0.2, 0.25) is 0 Å². The van der Waals surface area contributed by atoms with Gasteiger partial charge >= 0.3 is 6.55 Å². The van der Waals surface area contributed by atoms with Crippen molar-refractivity contribution in [3.05, 3.63) is 18.2 Å². The summed E-state index contributed by atoms with van der Waals surface area (Å²) >= 11 is 0. The number of imidazole rings is 1. The van der Waals surface area contributed by atoms with E-state index < -0.39 is 6.55 Å².